The Hall–Kier alpha value is -1.42. The van der Waals surface area contributed by atoms with Crippen LogP contribution in [0.3, 0.4) is 0 Å². The number of rotatable bonds is 3. The predicted molar refractivity (Wildman–Crippen MR) is 65.3 cm³/mol. The van der Waals surface area contributed by atoms with Gasteiger partial charge in [-0.3, -0.25) is 0 Å². The predicted octanol–water partition coefficient (Wildman–Crippen LogP) is 3.51. The van der Waals surface area contributed by atoms with Crippen LogP contribution in [0.4, 0.5) is 10.1 Å². The van der Waals surface area contributed by atoms with Crippen molar-refractivity contribution >= 4 is 17.0 Å². The minimum Gasteiger partial charge on any atom is -0.380 e. The van der Waals surface area contributed by atoms with Gasteiger partial charge >= 0.3 is 0 Å². The fraction of sp³-hybridized carbons (Fsp3) is 0.250. The topological polar surface area (TPSA) is 24.9 Å². The number of benzene rings is 1. The molecule has 0 spiro atoms. The van der Waals surface area contributed by atoms with Crippen LogP contribution in [0, 0.1) is 19.7 Å². The first kappa shape index (κ1) is 11.1. The zero-order valence-electron chi connectivity index (χ0n) is 9.25. The number of halogens is 1. The second-order valence-corrected chi connectivity index (χ2v) is 4.98. The van der Waals surface area contributed by atoms with Crippen LogP contribution in [0.2, 0.25) is 0 Å². The second-order valence-electron chi connectivity index (χ2n) is 3.66. The molecule has 2 nitrogen and oxygen atoms in total. The van der Waals surface area contributed by atoms with Gasteiger partial charge in [-0.05, 0) is 31.5 Å². The lowest BCUT2D eigenvalue weighted by atomic mass is 10.2. The molecule has 0 bridgehead atoms. The van der Waals surface area contributed by atoms with Crippen LogP contribution in [0.5, 0.6) is 0 Å². The third kappa shape index (κ3) is 2.58. The van der Waals surface area contributed by atoms with E-state index in [2.05, 4.69) is 10.3 Å². The maximum atomic E-state index is 13.0. The molecule has 0 aliphatic carbocycles. The lowest BCUT2D eigenvalue weighted by Gasteiger charge is -2.07. The summed E-state index contributed by atoms with van der Waals surface area (Å²) in [5.41, 5.74) is 1.88. The van der Waals surface area contributed by atoms with E-state index in [0.717, 1.165) is 21.1 Å². The number of nitrogens with zero attached hydrogens (tertiary/aromatic N) is 1. The molecule has 84 valence electrons. The number of anilines is 1. The fourth-order valence-corrected chi connectivity index (χ4v) is 2.19. The molecule has 0 atom stereocenters. The summed E-state index contributed by atoms with van der Waals surface area (Å²) in [6.07, 6.45) is 1.85. The summed E-state index contributed by atoms with van der Waals surface area (Å²) in [6.45, 7) is 4.62. The molecule has 1 aromatic carbocycles. The van der Waals surface area contributed by atoms with Crippen LogP contribution in [0.25, 0.3) is 0 Å². The van der Waals surface area contributed by atoms with E-state index in [1.165, 1.54) is 12.1 Å². The Morgan fingerprint density at radius 2 is 2.19 bits per heavy atom. The Balaban J connectivity index is 2.07. The van der Waals surface area contributed by atoms with Gasteiger partial charge in [0.25, 0.3) is 0 Å². The molecule has 0 amide bonds. The monoisotopic (exact) mass is 236 g/mol. The smallest absolute Gasteiger partial charge is 0.125 e. The highest BCUT2D eigenvalue weighted by Gasteiger charge is 2.02. The summed E-state index contributed by atoms with van der Waals surface area (Å²) in [5.74, 6) is -0.214. The van der Waals surface area contributed by atoms with E-state index in [4.69, 9.17) is 0 Å². The van der Waals surface area contributed by atoms with Gasteiger partial charge in [0.2, 0.25) is 0 Å². The normalized spacial score (nSPS) is 10.4. The third-order valence-electron chi connectivity index (χ3n) is 2.32. The van der Waals surface area contributed by atoms with E-state index in [1.807, 2.05) is 20.0 Å². The minimum absolute atomic E-state index is 0.214. The van der Waals surface area contributed by atoms with Crippen molar-refractivity contribution in [2.75, 3.05) is 5.32 Å². The van der Waals surface area contributed by atoms with E-state index in [9.17, 15) is 4.39 Å². The van der Waals surface area contributed by atoms with Crippen LogP contribution >= 0.6 is 11.3 Å². The molecule has 1 N–H and O–H groups in total. The van der Waals surface area contributed by atoms with Crippen LogP contribution in [-0.2, 0) is 6.54 Å². The molecule has 4 heteroatoms. The van der Waals surface area contributed by atoms with Crippen LogP contribution in [-0.4, -0.2) is 4.98 Å². The van der Waals surface area contributed by atoms with Gasteiger partial charge in [0, 0.05) is 16.8 Å². The maximum Gasteiger partial charge on any atom is 0.125 e. The fourth-order valence-electron chi connectivity index (χ4n) is 1.45. The van der Waals surface area contributed by atoms with E-state index in [-0.39, 0.29) is 5.82 Å². The van der Waals surface area contributed by atoms with Gasteiger partial charge in [-0.2, -0.15) is 0 Å². The summed E-state index contributed by atoms with van der Waals surface area (Å²) < 4.78 is 13.0. The van der Waals surface area contributed by atoms with Crippen molar-refractivity contribution in [2.45, 2.75) is 20.4 Å². The van der Waals surface area contributed by atoms with Crippen LogP contribution in [0.1, 0.15) is 15.4 Å². The molecule has 1 heterocycles. The van der Waals surface area contributed by atoms with E-state index < -0.39 is 0 Å². The molecule has 16 heavy (non-hydrogen) atoms. The van der Waals surface area contributed by atoms with Crippen LogP contribution in [0.15, 0.2) is 24.4 Å². The quantitative estimate of drug-likeness (QED) is 0.882. The highest BCUT2D eigenvalue weighted by atomic mass is 32.1. The molecule has 0 aliphatic heterocycles. The standard InChI is InChI=1S/C12H13FN2S/c1-8-3-4-10(13)5-12(8)15-7-11-6-14-9(2)16-11/h3-6,15H,7H2,1-2H3. The lowest BCUT2D eigenvalue weighted by Crippen LogP contribution is -1.99. The number of aryl methyl sites for hydroxylation is 2. The van der Waals surface area contributed by atoms with Gasteiger partial charge in [-0.1, -0.05) is 6.07 Å². The third-order valence-corrected chi connectivity index (χ3v) is 3.23. The van der Waals surface area contributed by atoms with Gasteiger partial charge in [0.1, 0.15) is 5.82 Å². The van der Waals surface area contributed by atoms with E-state index in [0.29, 0.717) is 6.54 Å². The molecule has 0 saturated carbocycles. The Kier molecular flexibility index (Phi) is 3.19. The van der Waals surface area contributed by atoms with Crippen molar-refractivity contribution in [3.63, 3.8) is 0 Å². The highest BCUT2D eigenvalue weighted by molar-refractivity contribution is 7.11. The Labute approximate surface area is 98.2 Å². The van der Waals surface area contributed by atoms with E-state index in [1.54, 1.807) is 17.4 Å². The zero-order valence-corrected chi connectivity index (χ0v) is 10.1. The van der Waals surface area contributed by atoms with Gasteiger partial charge in [0.15, 0.2) is 0 Å². The van der Waals surface area contributed by atoms with Gasteiger partial charge in [-0.15, -0.1) is 11.3 Å². The second kappa shape index (κ2) is 4.61. The zero-order chi connectivity index (χ0) is 11.5. The summed E-state index contributed by atoms with van der Waals surface area (Å²) in [5, 5.41) is 4.26. The summed E-state index contributed by atoms with van der Waals surface area (Å²) in [6, 6.07) is 4.76. The van der Waals surface area contributed by atoms with Crippen molar-refractivity contribution in [3.05, 3.63) is 45.7 Å². The molecule has 2 aromatic rings. The Bertz CT molecular complexity index is 494. The maximum absolute atomic E-state index is 13.0. The number of thiazole rings is 1. The highest BCUT2D eigenvalue weighted by Crippen LogP contribution is 2.18. The van der Waals surface area contributed by atoms with Crippen molar-refractivity contribution < 1.29 is 4.39 Å². The van der Waals surface area contributed by atoms with Crippen molar-refractivity contribution in [1.29, 1.82) is 0 Å². The Morgan fingerprint density at radius 3 is 2.88 bits per heavy atom. The molecule has 0 aliphatic rings. The molecule has 0 unspecified atom stereocenters. The summed E-state index contributed by atoms with van der Waals surface area (Å²) in [7, 11) is 0. The Morgan fingerprint density at radius 1 is 1.38 bits per heavy atom. The van der Waals surface area contributed by atoms with Gasteiger partial charge in [-0.25, -0.2) is 9.37 Å². The van der Waals surface area contributed by atoms with E-state index >= 15 is 0 Å². The largest absolute Gasteiger partial charge is 0.380 e. The van der Waals surface area contributed by atoms with Crippen molar-refractivity contribution in [3.8, 4) is 0 Å². The average molecular weight is 236 g/mol. The molecule has 2 rings (SSSR count). The first-order valence-corrected chi connectivity index (χ1v) is 5.88. The molecule has 1 aromatic heterocycles. The van der Waals surface area contributed by atoms with Crippen molar-refractivity contribution in [2.24, 2.45) is 0 Å². The van der Waals surface area contributed by atoms with Gasteiger partial charge in [0.05, 0.1) is 11.6 Å². The SMILES string of the molecule is Cc1ncc(CNc2cc(F)ccc2C)s1. The first-order valence-electron chi connectivity index (χ1n) is 5.06. The van der Waals surface area contributed by atoms with Gasteiger partial charge < -0.3 is 5.32 Å². The molecular weight excluding hydrogens is 223 g/mol. The van der Waals surface area contributed by atoms with Crippen molar-refractivity contribution in [1.82, 2.24) is 4.98 Å². The minimum atomic E-state index is -0.214. The van der Waals surface area contributed by atoms with Crippen LogP contribution < -0.4 is 5.32 Å². The molecular formula is C12H13FN2S. The number of aromatic nitrogens is 1. The molecule has 0 saturated heterocycles. The average Bonchev–Trinajstić information content (AvgIpc) is 2.66. The molecule has 0 radical (unpaired) electrons. The summed E-state index contributed by atoms with van der Waals surface area (Å²) in [4.78, 5) is 5.33. The lowest BCUT2D eigenvalue weighted by molar-refractivity contribution is 0.628. The summed E-state index contributed by atoms with van der Waals surface area (Å²) >= 11 is 1.65. The number of hydrogen-bond acceptors (Lipinski definition) is 3. The number of nitrogens with one attached hydrogen (secondary N) is 1. The molecule has 0 fully saturated rings. The first-order chi connectivity index (χ1) is 7.65. The number of hydrogen-bond donors (Lipinski definition) is 1.